The summed E-state index contributed by atoms with van der Waals surface area (Å²) < 4.78 is 13.8. The molecule has 0 aromatic rings. The normalized spacial score (nSPS) is 13.8. The van der Waals surface area contributed by atoms with Crippen LogP contribution in [0.4, 0.5) is 4.79 Å². The number of hydrogen-bond donors (Lipinski definition) is 5. The summed E-state index contributed by atoms with van der Waals surface area (Å²) in [6, 6.07) is 0. The smallest absolute Gasteiger partial charge is 0.413 e. The number of alkyl carbamates (subject to hydrolysis) is 1. The fourth-order valence-electron chi connectivity index (χ4n) is 0.943. The van der Waals surface area contributed by atoms with Gasteiger partial charge in [-0.05, 0) is 6.92 Å². The molecule has 0 radical (unpaired) electrons. The minimum absolute atomic E-state index is 0.307. The van der Waals surface area contributed by atoms with Gasteiger partial charge in [0, 0.05) is 7.11 Å². The number of aliphatic imine (C=N–C) groups is 1. The van der Waals surface area contributed by atoms with Gasteiger partial charge in [-0.25, -0.2) is 24.9 Å². The molecule has 0 saturated heterocycles. The molecule has 0 rings (SSSR count). The molecule has 0 spiro atoms. The Hall–Kier alpha value is -2.60. The van der Waals surface area contributed by atoms with E-state index in [0.717, 1.165) is 7.11 Å². The van der Waals surface area contributed by atoms with Gasteiger partial charge in [0.05, 0.1) is 7.11 Å². The van der Waals surface area contributed by atoms with Crippen molar-refractivity contribution in [3.63, 3.8) is 0 Å². The molecule has 0 bridgehead atoms. The third-order valence-electron chi connectivity index (χ3n) is 1.71. The van der Waals surface area contributed by atoms with Crippen LogP contribution in [-0.2, 0) is 23.8 Å². The van der Waals surface area contributed by atoms with Crippen LogP contribution >= 0.6 is 0 Å². The molecule has 0 heterocycles. The van der Waals surface area contributed by atoms with E-state index in [9.17, 15) is 9.59 Å². The fraction of sp³-hybridized carbons (Fsp3) is 0.556. The van der Waals surface area contributed by atoms with E-state index in [0.29, 0.717) is 0 Å². The Kier molecular flexibility index (Phi) is 8.17. The van der Waals surface area contributed by atoms with Crippen molar-refractivity contribution in [3.05, 3.63) is 0 Å². The van der Waals surface area contributed by atoms with Crippen molar-refractivity contribution in [3.8, 4) is 0 Å². The van der Waals surface area contributed by atoms with Gasteiger partial charge in [0.25, 0.3) is 6.29 Å². The molecule has 0 fully saturated rings. The van der Waals surface area contributed by atoms with Crippen LogP contribution in [0, 0.1) is 5.41 Å². The highest BCUT2D eigenvalue weighted by molar-refractivity contribution is 5.92. The van der Waals surface area contributed by atoms with Crippen LogP contribution in [0.3, 0.4) is 0 Å². The van der Waals surface area contributed by atoms with Gasteiger partial charge in [-0.2, -0.15) is 0 Å². The molecule has 12 heteroatoms. The molecule has 0 aliphatic heterocycles. The number of nitrogens with two attached hydrogens (primary N) is 2. The second-order valence-electron chi connectivity index (χ2n) is 3.37. The highest BCUT2D eigenvalue weighted by atomic mass is 16.8. The molecule has 1 amide bonds. The molecule has 0 aromatic carbocycles. The molecule has 0 aliphatic rings. The number of rotatable bonds is 6. The number of nitrogens with one attached hydrogen (secondary N) is 3. The zero-order chi connectivity index (χ0) is 16.4. The highest BCUT2D eigenvalue weighted by Crippen LogP contribution is 2.00. The molecule has 0 aliphatic carbocycles. The van der Waals surface area contributed by atoms with E-state index >= 15 is 0 Å². The molecule has 2 unspecified atom stereocenters. The number of ether oxygens (including phenoxy) is 3. The van der Waals surface area contributed by atoms with Crippen molar-refractivity contribution in [1.29, 1.82) is 5.41 Å². The molecule has 0 saturated carbocycles. The van der Waals surface area contributed by atoms with E-state index < -0.39 is 30.5 Å². The number of carbonyl (C=O) groups is 2. The number of hydrogen-bond acceptors (Lipinski definition) is 8. The minimum Gasteiger partial charge on any atom is -0.453 e. The van der Waals surface area contributed by atoms with E-state index in [-0.39, 0.29) is 5.96 Å². The monoisotopic (exact) mass is 306 g/mol. The van der Waals surface area contributed by atoms with Gasteiger partial charge in [-0.3, -0.25) is 10.7 Å². The fourth-order valence-corrected chi connectivity index (χ4v) is 0.943. The van der Waals surface area contributed by atoms with Gasteiger partial charge in [0.15, 0.2) is 6.23 Å². The van der Waals surface area contributed by atoms with Crippen molar-refractivity contribution in [2.75, 3.05) is 14.2 Å². The standard InChI is InChI=1S/C9H18N6O6/c1-4(13-8(12)14-9(17)19-3)20-5(16)6(18-2)21-15-7(10)11/h4,6H,1-3H3,(H4,10,11,15)(H3,12,13,14,17). The van der Waals surface area contributed by atoms with Crippen LogP contribution in [0.5, 0.6) is 0 Å². The molecule has 2 atom stereocenters. The largest absolute Gasteiger partial charge is 0.453 e. The number of guanidine groups is 2. The first kappa shape index (κ1) is 18.4. The number of esters is 1. The van der Waals surface area contributed by atoms with E-state index in [2.05, 4.69) is 24.6 Å². The van der Waals surface area contributed by atoms with Crippen LogP contribution in [0.15, 0.2) is 4.99 Å². The van der Waals surface area contributed by atoms with Crippen molar-refractivity contribution in [2.24, 2.45) is 16.5 Å². The summed E-state index contributed by atoms with van der Waals surface area (Å²) in [5.74, 6) is -1.78. The highest BCUT2D eigenvalue weighted by Gasteiger charge is 2.23. The predicted molar refractivity (Wildman–Crippen MR) is 69.6 cm³/mol. The second-order valence-corrected chi connectivity index (χ2v) is 3.37. The summed E-state index contributed by atoms with van der Waals surface area (Å²) in [5.41, 5.74) is 12.3. The lowest BCUT2D eigenvalue weighted by Gasteiger charge is -2.16. The van der Waals surface area contributed by atoms with E-state index in [1.807, 2.05) is 5.48 Å². The quantitative estimate of drug-likeness (QED) is 0.121. The first-order chi connectivity index (χ1) is 9.79. The maximum absolute atomic E-state index is 11.6. The first-order valence-corrected chi connectivity index (χ1v) is 5.47. The Labute approximate surface area is 120 Å². The summed E-state index contributed by atoms with van der Waals surface area (Å²) >= 11 is 0. The molecular weight excluding hydrogens is 288 g/mol. The first-order valence-electron chi connectivity index (χ1n) is 5.47. The Morgan fingerprint density at radius 1 is 1.29 bits per heavy atom. The van der Waals surface area contributed by atoms with Gasteiger partial charge in [-0.15, -0.1) is 0 Å². The van der Waals surface area contributed by atoms with Crippen molar-refractivity contribution in [2.45, 2.75) is 19.4 Å². The molecule has 21 heavy (non-hydrogen) atoms. The molecule has 7 N–H and O–H groups in total. The Morgan fingerprint density at radius 2 is 1.90 bits per heavy atom. The molecule has 0 aromatic heterocycles. The topological polar surface area (TPSA) is 183 Å². The lowest BCUT2D eigenvalue weighted by Crippen LogP contribution is -2.41. The minimum atomic E-state index is -1.47. The van der Waals surface area contributed by atoms with E-state index in [1.54, 1.807) is 0 Å². The van der Waals surface area contributed by atoms with E-state index in [4.69, 9.17) is 21.6 Å². The molecule has 12 nitrogen and oxygen atoms in total. The number of carbonyl (C=O) groups excluding carboxylic acids is 2. The third kappa shape index (κ3) is 8.22. The van der Waals surface area contributed by atoms with Gasteiger partial charge in [0.1, 0.15) is 0 Å². The predicted octanol–water partition coefficient (Wildman–Crippen LogP) is -2.07. The van der Waals surface area contributed by atoms with Crippen LogP contribution in [0.2, 0.25) is 0 Å². The van der Waals surface area contributed by atoms with Gasteiger partial charge >= 0.3 is 12.1 Å². The Balaban J connectivity index is 4.43. The second kappa shape index (κ2) is 9.33. The Bertz CT molecular complexity index is 414. The maximum atomic E-state index is 11.6. The number of amides is 1. The van der Waals surface area contributed by atoms with Gasteiger partial charge < -0.3 is 25.7 Å². The van der Waals surface area contributed by atoms with Crippen LogP contribution in [-0.4, -0.2) is 50.7 Å². The van der Waals surface area contributed by atoms with Crippen LogP contribution < -0.4 is 22.3 Å². The average Bonchev–Trinajstić information content (AvgIpc) is 2.38. The van der Waals surface area contributed by atoms with Gasteiger partial charge in [0.2, 0.25) is 11.9 Å². The summed E-state index contributed by atoms with van der Waals surface area (Å²) in [5, 5.41) is 8.94. The average molecular weight is 306 g/mol. The third-order valence-corrected chi connectivity index (χ3v) is 1.71. The van der Waals surface area contributed by atoms with Crippen molar-refractivity contribution >= 4 is 24.0 Å². The summed E-state index contributed by atoms with van der Waals surface area (Å²) in [6.45, 7) is 1.38. The van der Waals surface area contributed by atoms with Crippen LogP contribution in [0.25, 0.3) is 0 Å². The summed E-state index contributed by atoms with van der Waals surface area (Å²) in [6.07, 6.45) is -3.33. The van der Waals surface area contributed by atoms with Crippen LogP contribution in [0.1, 0.15) is 6.92 Å². The lowest BCUT2D eigenvalue weighted by atomic mass is 10.6. The number of hydroxylamine groups is 1. The zero-order valence-electron chi connectivity index (χ0n) is 11.7. The molecular formula is C9H18N6O6. The van der Waals surface area contributed by atoms with E-state index in [1.165, 1.54) is 14.0 Å². The SMILES string of the molecule is COC(=O)NC(N)=NC(C)OC(=O)C(OC)ONC(=N)N. The zero-order valence-corrected chi connectivity index (χ0v) is 11.7. The van der Waals surface area contributed by atoms with Crippen molar-refractivity contribution in [1.82, 2.24) is 10.8 Å². The summed E-state index contributed by atoms with van der Waals surface area (Å²) in [4.78, 5) is 30.8. The lowest BCUT2D eigenvalue weighted by molar-refractivity contribution is -0.201. The number of methoxy groups -OCH3 is 2. The van der Waals surface area contributed by atoms with Crippen molar-refractivity contribution < 1.29 is 28.6 Å². The molecule has 120 valence electrons. The number of nitrogens with zero attached hydrogens (tertiary/aromatic N) is 1. The Morgan fingerprint density at radius 3 is 2.38 bits per heavy atom. The van der Waals surface area contributed by atoms with Gasteiger partial charge in [-0.1, -0.05) is 0 Å². The summed E-state index contributed by atoms with van der Waals surface area (Å²) in [7, 11) is 2.32. The maximum Gasteiger partial charge on any atom is 0.413 e.